The lowest BCUT2D eigenvalue weighted by molar-refractivity contribution is 0.469. The fourth-order valence-corrected chi connectivity index (χ4v) is 2.87. The predicted octanol–water partition coefficient (Wildman–Crippen LogP) is 4.05. The van der Waals surface area contributed by atoms with E-state index in [4.69, 9.17) is 0 Å². The van der Waals surface area contributed by atoms with Crippen LogP contribution in [-0.2, 0) is 12.8 Å². The van der Waals surface area contributed by atoms with Gasteiger partial charge in [0.25, 0.3) is 0 Å². The third-order valence-corrected chi connectivity index (χ3v) is 3.92. The quantitative estimate of drug-likeness (QED) is 0.864. The summed E-state index contributed by atoms with van der Waals surface area (Å²) in [5, 5.41) is 13.5. The van der Waals surface area contributed by atoms with Crippen molar-refractivity contribution in [2.75, 3.05) is 5.32 Å². The number of rotatable bonds is 3. The van der Waals surface area contributed by atoms with E-state index in [1.807, 2.05) is 6.07 Å². The molecule has 2 heteroatoms. The van der Waals surface area contributed by atoms with Gasteiger partial charge in [0.05, 0.1) is 6.04 Å². The minimum Gasteiger partial charge on any atom is -0.508 e. The van der Waals surface area contributed by atoms with Gasteiger partial charge in [-0.2, -0.15) is 0 Å². The van der Waals surface area contributed by atoms with Crippen LogP contribution >= 0.6 is 0 Å². The zero-order chi connectivity index (χ0) is 13.2. The van der Waals surface area contributed by atoms with Gasteiger partial charge in [-0.25, -0.2) is 0 Å². The number of aryl methyl sites for hydroxylation is 1. The SMILES string of the molecule is CCc1cccc(NC2CCc3c(O)cccc32)c1. The van der Waals surface area contributed by atoms with Crippen molar-refractivity contribution in [2.45, 2.75) is 32.2 Å². The zero-order valence-corrected chi connectivity index (χ0v) is 11.2. The van der Waals surface area contributed by atoms with Crippen LogP contribution in [0.2, 0.25) is 0 Å². The molecule has 3 rings (SSSR count). The summed E-state index contributed by atoms with van der Waals surface area (Å²) in [5.74, 6) is 0.434. The van der Waals surface area contributed by atoms with E-state index < -0.39 is 0 Å². The standard InChI is InChI=1S/C17H19NO/c1-2-12-5-3-6-13(11-12)18-16-10-9-15-14(16)7-4-8-17(15)19/h3-8,11,16,18-19H,2,9-10H2,1H3. The number of fused-ring (bicyclic) bond motifs is 1. The molecule has 2 nitrogen and oxygen atoms in total. The highest BCUT2D eigenvalue weighted by Crippen LogP contribution is 2.38. The highest BCUT2D eigenvalue weighted by Gasteiger charge is 2.24. The Labute approximate surface area is 114 Å². The monoisotopic (exact) mass is 253 g/mol. The molecule has 0 saturated carbocycles. The average Bonchev–Trinajstić information content (AvgIpc) is 2.84. The summed E-state index contributed by atoms with van der Waals surface area (Å²) in [4.78, 5) is 0. The molecule has 2 aromatic carbocycles. The van der Waals surface area contributed by atoms with Crippen molar-refractivity contribution in [1.82, 2.24) is 0 Å². The van der Waals surface area contributed by atoms with Gasteiger partial charge in [0.15, 0.2) is 0 Å². The van der Waals surface area contributed by atoms with Crippen molar-refractivity contribution in [3.8, 4) is 5.75 Å². The zero-order valence-electron chi connectivity index (χ0n) is 11.2. The van der Waals surface area contributed by atoms with E-state index >= 15 is 0 Å². The lowest BCUT2D eigenvalue weighted by atomic mass is 10.1. The largest absolute Gasteiger partial charge is 0.508 e. The number of phenols is 1. The number of nitrogens with one attached hydrogen (secondary N) is 1. The van der Waals surface area contributed by atoms with Gasteiger partial charge in [-0.15, -0.1) is 0 Å². The van der Waals surface area contributed by atoms with Crippen molar-refractivity contribution in [1.29, 1.82) is 0 Å². The fourth-order valence-electron chi connectivity index (χ4n) is 2.87. The van der Waals surface area contributed by atoms with Crippen LogP contribution in [0.15, 0.2) is 42.5 Å². The van der Waals surface area contributed by atoms with Crippen molar-refractivity contribution < 1.29 is 5.11 Å². The Morgan fingerprint density at radius 3 is 2.89 bits per heavy atom. The van der Waals surface area contributed by atoms with Crippen LogP contribution in [0.1, 0.15) is 36.1 Å². The van der Waals surface area contributed by atoms with Crippen LogP contribution in [0.25, 0.3) is 0 Å². The van der Waals surface area contributed by atoms with E-state index in [1.54, 1.807) is 6.07 Å². The molecule has 0 aliphatic heterocycles. The molecule has 2 N–H and O–H groups in total. The molecule has 1 unspecified atom stereocenters. The molecular weight excluding hydrogens is 234 g/mol. The molecule has 0 spiro atoms. The topological polar surface area (TPSA) is 32.3 Å². The number of anilines is 1. The number of hydrogen-bond donors (Lipinski definition) is 2. The molecule has 1 atom stereocenters. The van der Waals surface area contributed by atoms with Gasteiger partial charge in [-0.3, -0.25) is 0 Å². The van der Waals surface area contributed by atoms with Crippen molar-refractivity contribution in [3.05, 3.63) is 59.2 Å². The van der Waals surface area contributed by atoms with Gasteiger partial charge in [-0.1, -0.05) is 31.2 Å². The molecule has 0 heterocycles. The summed E-state index contributed by atoms with van der Waals surface area (Å²) in [7, 11) is 0. The smallest absolute Gasteiger partial charge is 0.119 e. The highest BCUT2D eigenvalue weighted by atomic mass is 16.3. The number of benzene rings is 2. The van der Waals surface area contributed by atoms with Crippen LogP contribution in [-0.4, -0.2) is 5.11 Å². The van der Waals surface area contributed by atoms with E-state index in [2.05, 4.69) is 42.6 Å². The molecule has 0 saturated heterocycles. The minimum atomic E-state index is 0.314. The summed E-state index contributed by atoms with van der Waals surface area (Å²) in [6, 6.07) is 14.7. The second-order valence-corrected chi connectivity index (χ2v) is 5.13. The Morgan fingerprint density at radius 1 is 1.21 bits per heavy atom. The number of hydrogen-bond acceptors (Lipinski definition) is 2. The predicted molar refractivity (Wildman–Crippen MR) is 78.6 cm³/mol. The van der Waals surface area contributed by atoms with E-state index in [9.17, 15) is 5.11 Å². The van der Waals surface area contributed by atoms with Crippen molar-refractivity contribution in [2.24, 2.45) is 0 Å². The van der Waals surface area contributed by atoms with Gasteiger partial charge in [-0.05, 0) is 54.2 Å². The summed E-state index contributed by atoms with van der Waals surface area (Å²) >= 11 is 0. The second kappa shape index (κ2) is 4.96. The molecule has 0 radical (unpaired) electrons. The lowest BCUT2D eigenvalue weighted by Gasteiger charge is -2.16. The second-order valence-electron chi connectivity index (χ2n) is 5.13. The van der Waals surface area contributed by atoms with Gasteiger partial charge in [0, 0.05) is 5.69 Å². The van der Waals surface area contributed by atoms with Gasteiger partial charge >= 0.3 is 0 Å². The maximum atomic E-state index is 9.87. The fraction of sp³-hybridized carbons (Fsp3) is 0.294. The summed E-state index contributed by atoms with van der Waals surface area (Å²) in [5.41, 5.74) is 4.85. The van der Waals surface area contributed by atoms with Gasteiger partial charge in [0.1, 0.15) is 5.75 Å². The van der Waals surface area contributed by atoms with E-state index in [0.717, 1.165) is 24.8 Å². The normalized spacial score (nSPS) is 17.2. The molecule has 19 heavy (non-hydrogen) atoms. The Morgan fingerprint density at radius 2 is 2.05 bits per heavy atom. The first-order valence-corrected chi connectivity index (χ1v) is 6.94. The first kappa shape index (κ1) is 12.1. The van der Waals surface area contributed by atoms with Gasteiger partial charge < -0.3 is 10.4 Å². The third-order valence-electron chi connectivity index (χ3n) is 3.92. The highest BCUT2D eigenvalue weighted by molar-refractivity contribution is 5.52. The summed E-state index contributed by atoms with van der Waals surface area (Å²) < 4.78 is 0. The van der Waals surface area contributed by atoms with E-state index in [0.29, 0.717) is 11.8 Å². The molecule has 1 aliphatic carbocycles. The lowest BCUT2D eigenvalue weighted by Crippen LogP contribution is -2.07. The number of aromatic hydroxyl groups is 1. The van der Waals surface area contributed by atoms with E-state index in [1.165, 1.54) is 16.8 Å². The van der Waals surface area contributed by atoms with Crippen LogP contribution < -0.4 is 5.32 Å². The van der Waals surface area contributed by atoms with Crippen molar-refractivity contribution >= 4 is 5.69 Å². The molecule has 98 valence electrons. The molecular formula is C17H19NO. The van der Waals surface area contributed by atoms with E-state index in [-0.39, 0.29) is 0 Å². The van der Waals surface area contributed by atoms with Crippen LogP contribution in [0, 0.1) is 0 Å². The van der Waals surface area contributed by atoms with Crippen LogP contribution in [0.3, 0.4) is 0 Å². The molecule has 1 aliphatic rings. The van der Waals surface area contributed by atoms with Gasteiger partial charge in [0.2, 0.25) is 0 Å². The number of phenolic OH excluding ortho intramolecular Hbond substituents is 1. The molecule has 0 amide bonds. The summed E-state index contributed by atoms with van der Waals surface area (Å²) in [6.07, 6.45) is 3.05. The molecule has 0 fully saturated rings. The Kier molecular flexibility index (Phi) is 3.16. The molecule has 2 aromatic rings. The first-order valence-electron chi connectivity index (χ1n) is 6.94. The Bertz CT molecular complexity index is 592. The Balaban J connectivity index is 1.84. The molecule has 0 aromatic heterocycles. The van der Waals surface area contributed by atoms with Crippen LogP contribution in [0.5, 0.6) is 5.75 Å². The minimum absolute atomic E-state index is 0.314. The third kappa shape index (κ3) is 2.30. The Hall–Kier alpha value is -1.96. The maximum absolute atomic E-state index is 9.87. The van der Waals surface area contributed by atoms with Crippen molar-refractivity contribution in [3.63, 3.8) is 0 Å². The average molecular weight is 253 g/mol. The summed E-state index contributed by atoms with van der Waals surface area (Å²) in [6.45, 7) is 2.17. The molecule has 0 bridgehead atoms. The first-order chi connectivity index (χ1) is 9.28. The van der Waals surface area contributed by atoms with Crippen LogP contribution in [0.4, 0.5) is 5.69 Å². The maximum Gasteiger partial charge on any atom is 0.119 e.